The average Bonchev–Trinajstić information content (AvgIpc) is 2.58. The molecule has 0 fully saturated rings. The molecule has 1 aliphatic heterocycles. The Hall–Kier alpha value is -1.86. The van der Waals surface area contributed by atoms with Crippen molar-refractivity contribution in [3.8, 4) is 0 Å². The normalized spacial score (nSPS) is 17.5. The summed E-state index contributed by atoms with van der Waals surface area (Å²) in [6.07, 6.45) is 7.39. The van der Waals surface area contributed by atoms with Crippen LogP contribution in [0.2, 0.25) is 0 Å². The molecule has 3 rings (SSSR count). The molecule has 2 aromatic carbocycles. The van der Waals surface area contributed by atoms with Gasteiger partial charge in [0.05, 0.1) is 0 Å². The van der Waals surface area contributed by atoms with Crippen molar-refractivity contribution in [3.05, 3.63) is 71.3 Å². The fourth-order valence-corrected chi connectivity index (χ4v) is 3.40. The number of nitrogens with zero attached hydrogens (tertiary/aromatic N) is 1. The third-order valence-electron chi connectivity index (χ3n) is 4.65. The Morgan fingerprint density at radius 2 is 1.78 bits per heavy atom. The van der Waals surface area contributed by atoms with Gasteiger partial charge in [-0.25, -0.2) is 0 Å². The number of rotatable bonds is 4. The summed E-state index contributed by atoms with van der Waals surface area (Å²) < 4.78 is 0. The van der Waals surface area contributed by atoms with E-state index in [0.29, 0.717) is 0 Å². The molecule has 1 aliphatic rings. The van der Waals surface area contributed by atoms with Crippen LogP contribution in [-0.4, -0.2) is 24.5 Å². The maximum Gasteiger partial charge on any atom is 0.0240 e. The Kier molecular flexibility index (Phi) is 5.65. The van der Waals surface area contributed by atoms with Gasteiger partial charge >= 0.3 is 0 Å². The molecule has 0 bridgehead atoms. The van der Waals surface area contributed by atoms with Crippen LogP contribution in [-0.2, 0) is 6.42 Å². The zero-order valence-corrected chi connectivity index (χ0v) is 14.2. The van der Waals surface area contributed by atoms with Crippen molar-refractivity contribution in [2.24, 2.45) is 0 Å². The van der Waals surface area contributed by atoms with Crippen LogP contribution >= 0.6 is 0 Å². The van der Waals surface area contributed by atoms with Gasteiger partial charge in [-0.15, -0.1) is 0 Å². The van der Waals surface area contributed by atoms with Crippen molar-refractivity contribution >= 4 is 11.6 Å². The zero-order chi connectivity index (χ0) is 15.9. The van der Waals surface area contributed by atoms with E-state index in [-0.39, 0.29) is 0 Å². The Bertz CT molecular complexity index is 642. The third kappa shape index (κ3) is 4.33. The molecule has 2 aromatic rings. The van der Waals surface area contributed by atoms with Gasteiger partial charge in [-0.3, -0.25) is 4.90 Å². The summed E-state index contributed by atoms with van der Waals surface area (Å²) in [7, 11) is 0. The van der Waals surface area contributed by atoms with Crippen molar-refractivity contribution in [2.45, 2.75) is 32.6 Å². The van der Waals surface area contributed by atoms with Crippen molar-refractivity contribution < 1.29 is 0 Å². The van der Waals surface area contributed by atoms with E-state index >= 15 is 0 Å². The molecule has 1 heterocycles. The molecule has 0 amide bonds. The van der Waals surface area contributed by atoms with Crippen LogP contribution in [0.15, 0.2) is 54.6 Å². The van der Waals surface area contributed by atoms with Gasteiger partial charge < -0.3 is 0 Å². The third-order valence-corrected chi connectivity index (χ3v) is 4.65. The second-order valence-electron chi connectivity index (χ2n) is 6.47. The van der Waals surface area contributed by atoms with E-state index in [2.05, 4.69) is 72.5 Å². The molecule has 0 N–H and O–H groups in total. The Morgan fingerprint density at radius 3 is 2.61 bits per heavy atom. The number of aryl methyl sites for hydroxylation is 1. The lowest BCUT2D eigenvalue weighted by molar-refractivity contribution is 0.295. The molecule has 0 aromatic heterocycles. The predicted octanol–water partition coefficient (Wildman–Crippen LogP) is 5.28. The second-order valence-corrected chi connectivity index (χ2v) is 6.47. The number of fused-ring (bicyclic) bond motifs is 1. The van der Waals surface area contributed by atoms with Crippen LogP contribution in [0, 0.1) is 0 Å². The summed E-state index contributed by atoms with van der Waals surface area (Å²) in [5.41, 5.74) is 5.71. The van der Waals surface area contributed by atoms with Gasteiger partial charge in [0.25, 0.3) is 0 Å². The second kappa shape index (κ2) is 8.12. The molecule has 0 atom stereocenters. The van der Waals surface area contributed by atoms with Gasteiger partial charge in [0.15, 0.2) is 0 Å². The summed E-state index contributed by atoms with van der Waals surface area (Å²) in [5.74, 6) is 0. The molecule has 120 valence electrons. The highest BCUT2D eigenvalue weighted by molar-refractivity contribution is 5.83. The summed E-state index contributed by atoms with van der Waals surface area (Å²) in [4.78, 5) is 2.63. The molecule has 0 unspecified atom stereocenters. The summed E-state index contributed by atoms with van der Waals surface area (Å²) in [5, 5.41) is 0. The van der Waals surface area contributed by atoms with Crippen molar-refractivity contribution in [3.63, 3.8) is 0 Å². The quantitative estimate of drug-likeness (QED) is 0.743. The fourth-order valence-electron chi connectivity index (χ4n) is 3.40. The van der Waals surface area contributed by atoms with E-state index in [9.17, 15) is 0 Å². The van der Waals surface area contributed by atoms with E-state index in [1.807, 2.05) is 0 Å². The van der Waals surface area contributed by atoms with Crippen LogP contribution in [0.25, 0.3) is 11.6 Å². The van der Waals surface area contributed by atoms with Crippen LogP contribution < -0.4 is 0 Å². The average molecular weight is 305 g/mol. The molecule has 0 radical (unpaired) electrons. The molecule has 0 saturated heterocycles. The van der Waals surface area contributed by atoms with Gasteiger partial charge in [-0.2, -0.15) is 0 Å². The van der Waals surface area contributed by atoms with Crippen molar-refractivity contribution in [2.75, 3.05) is 19.6 Å². The van der Waals surface area contributed by atoms with Crippen LogP contribution in [0.4, 0.5) is 0 Å². The van der Waals surface area contributed by atoms with Gasteiger partial charge in [0.2, 0.25) is 0 Å². The minimum atomic E-state index is 1.06. The smallest absolute Gasteiger partial charge is 0.0240 e. The van der Waals surface area contributed by atoms with E-state index in [0.717, 1.165) is 6.54 Å². The molecule has 0 spiro atoms. The highest BCUT2D eigenvalue weighted by Crippen LogP contribution is 2.26. The first-order valence-corrected chi connectivity index (χ1v) is 8.93. The van der Waals surface area contributed by atoms with Crippen LogP contribution in [0.5, 0.6) is 0 Å². The summed E-state index contributed by atoms with van der Waals surface area (Å²) in [6, 6.07) is 19.7. The van der Waals surface area contributed by atoms with E-state index in [1.54, 1.807) is 0 Å². The van der Waals surface area contributed by atoms with E-state index < -0.39 is 0 Å². The largest absolute Gasteiger partial charge is 0.299 e. The lowest BCUT2D eigenvalue weighted by Gasteiger charge is -2.27. The minimum Gasteiger partial charge on any atom is -0.299 e. The van der Waals surface area contributed by atoms with Crippen molar-refractivity contribution in [1.82, 2.24) is 4.90 Å². The Labute approximate surface area is 140 Å². The maximum absolute atomic E-state index is 2.63. The Morgan fingerprint density at radius 1 is 1.00 bits per heavy atom. The fraction of sp³-hybridized carbons (Fsp3) is 0.364. The standard InChI is InChI=1S/C22H27N/c1-2-3-15-23-16-9-13-20-12-7-8-14-22(20)21(18-23)17-19-10-5-4-6-11-19/h4-8,10-12,14,17H,2-3,9,13,15-16,18H2,1H3/b21-17+. The predicted molar refractivity (Wildman–Crippen MR) is 100 cm³/mol. The number of benzene rings is 2. The zero-order valence-electron chi connectivity index (χ0n) is 14.2. The summed E-state index contributed by atoms with van der Waals surface area (Å²) >= 11 is 0. The monoisotopic (exact) mass is 305 g/mol. The topological polar surface area (TPSA) is 3.24 Å². The highest BCUT2D eigenvalue weighted by Gasteiger charge is 2.15. The minimum absolute atomic E-state index is 1.06. The first kappa shape index (κ1) is 16.0. The van der Waals surface area contributed by atoms with Gasteiger partial charge in [-0.05, 0) is 60.7 Å². The number of hydrogen-bond donors (Lipinski definition) is 0. The maximum atomic E-state index is 2.63. The van der Waals surface area contributed by atoms with E-state index in [4.69, 9.17) is 0 Å². The van der Waals surface area contributed by atoms with Gasteiger partial charge in [0.1, 0.15) is 0 Å². The Balaban J connectivity index is 1.95. The molecule has 1 heteroatoms. The highest BCUT2D eigenvalue weighted by atomic mass is 15.1. The molecule has 23 heavy (non-hydrogen) atoms. The molecule has 0 saturated carbocycles. The first-order chi connectivity index (χ1) is 11.4. The molecular weight excluding hydrogens is 278 g/mol. The number of unbranched alkanes of at least 4 members (excludes halogenated alkanes) is 1. The SMILES string of the molecule is CCCCN1CCCc2ccccc2/C(=C/c2ccccc2)C1. The number of hydrogen-bond acceptors (Lipinski definition) is 1. The van der Waals surface area contributed by atoms with Crippen LogP contribution in [0.1, 0.15) is 42.9 Å². The lowest BCUT2D eigenvalue weighted by atomic mass is 9.93. The molecule has 0 aliphatic carbocycles. The first-order valence-electron chi connectivity index (χ1n) is 8.93. The van der Waals surface area contributed by atoms with Crippen LogP contribution in [0.3, 0.4) is 0 Å². The molecular formula is C22H27N. The summed E-state index contributed by atoms with van der Waals surface area (Å²) in [6.45, 7) is 5.76. The van der Waals surface area contributed by atoms with Gasteiger partial charge in [-0.1, -0.05) is 67.9 Å². The van der Waals surface area contributed by atoms with Gasteiger partial charge in [0, 0.05) is 6.54 Å². The van der Waals surface area contributed by atoms with Crippen molar-refractivity contribution in [1.29, 1.82) is 0 Å². The lowest BCUT2D eigenvalue weighted by Crippen LogP contribution is -2.29. The molecule has 1 nitrogen and oxygen atoms in total. The van der Waals surface area contributed by atoms with E-state index in [1.165, 1.54) is 61.0 Å².